The van der Waals surface area contributed by atoms with E-state index in [1.807, 2.05) is 0 Å². The van der Waals surface area contributed by atoms with Crippen LogP contribution in [0, 0.1) is 5.92 Å². The van der Waals surface area contributed by atoms with Crippen LogP contribution in [0.3, 0.4) is 0 Å². The number of hydrogen-bond acceptors (Lipinski definition) is 0. The molecule has 1 aliphatic rings. The fourth-order valence-electron chi connectivity index (χ4n) is 1.73. The number of allylic oxidation sites excluding steroid dienone is 4. The van der Waals surface area contributed by atoms with Crippen LogP contribution in [0.25, 0.3) is 0 Å². The number of hydrogen-bond donors (Lipinski definition) is 0. The van der Waals surface area contributed by atoms with Gasteiger partial charge in [0.1, 0.15) is 0 Å². The van der Waals surface area contributed by atoms with Gasteiger partial charge in [0.2, 0.25) is 0 Å². The normalized spacial score (nSPS) is 14.6. The molecule has 0 aliphatic heterocycles. The van der Waals surface area contributed by atoms with Gasteiger partial charge >= 0.3 is 21.7 Å². The molecule has 0 saturated heterocycles. The zero-order valence-electron chi connectivity index (χ0n) is 8.40. The molecule has 0 atom stereocenters. The summed E-state index contributed by atoms with van der Waals surface area (Å²) < 4.78 is 0. The van der Waals surface area contributed by atoms with Crippen molar-refractivity contribution in [3.8, 4) is 0 Å². The molecule has 14 heavy (non-hydrogen) atoms. The summed E-state index contributed by atoms with van der Waals surface area (Å²) in [7, 11) is 1.16. The Labute approximate surface area is 103 Å². The second-order valence-electron chi connectivity index (χ2n) is 3.63. The maximum atomic E-state index is 2.33. The molecule has 0 nitrogen and oxygen atoms in total. The molecule has 2 heteroatoms. The van der Waals surface area contributed by atoms with E-state index in [-0.39, 0.29) is 21.7 Å². The largest absolute Gasteiger partial charge is 2.00 e. The molecular weight excluding hydrogens is 220 g/mol. The van der Waals surface area contributed by atoms with E-state index >= 15 is 0 Å². The summed E-state index contributed by atoms with van der Waals surface area (Å²) in [5.74, 6) is 0.628. The fourth-order valence-corrected chi connectivity index (χ4v) is 2.29. The van der Waals surface area contributed by atoms with Crippen molar-refractivity contribution in [3.05, 3.63) is 54.1 Å². The van der Waals surface area contributed by atoms with Gasteiger partial charge in [0, 0.05) is 10.2 Å². The van der Waals surface area contributed by atoms with Gasteiger partial charge in [-0.15, -0.1) is 0 Å². The van der Waals surface area contributed by atoms with Crippen molar-refractivity contribution < 1.29 is 21.7 Å². The van der Waals surface area contributed by atoms with Crippen LogP contribution in [0.5, 0.6) is 0 Å². The molecule has 2 rings (SSSR count). The quantitative estimate of drug-likeness (QED) is 0.669. The minimum Gasteiger partial charge on any atom is -0.0773 e. The second-order valence-corrected chi connectivity index (χ2v) is 4.78. The summed E-state index contributed by atoms with van der Waals surface area (Å²) in [6.45, 7) is 0. The van der Waals surface area contributed by atoms with Crippen molar-refractivity contribution >= 4 is 15.4 Å². The fraction of sp³-hybridized carbons (Fsp3) is 0.167. The Morgan fingerprint density at radius 1 is 1.14 bits per heavy atom. The average molecular weight is 234 g/mol. The maximum absolute atomic E-state index is 2.33. The van der Waals surface area contributed by atoms with Crippen molar-refractivity contribution in [1.82, 2.24) is 0 Å². The Bertz CT molecular complexity index is 343. The summed E-state index contributed by atoms with van der Waals surface area (Å²) in [6.07, 6.45) is 9.95. The van der Waals surface area contributed by atoms with Gasteiger partial charge < -0.3 is 0 Å². The van der Waals surface area contributed by atoms with Gasteiger partial charge in [0.25, 0.3) is 0 Å². The molecule has 1 aliphatic carbocycles. The molecule has 0 aromatic heterocycles. The topological polar surface area (TPSA) is 0 Å². The molecular formula is C12H14SiTi+2. The average Bonchev–Trinajstić information content (AvgIpc) is 2.57. The number of benzene rings is 1. The summed E-state index contributed by atoms with van der Waals surface area (Å²) in [4.78, 5) is 0. The summed E-state index contributed by atoms with van der Waals surface area (Å²) in [5.41, 5.74) is 1.47. The Hall–Kier alpha value is -0.369. The molecule has 0 heterocycles. The van der Waals surface area contributed by atoms with E-state index in [1.165, 1.54) is 10.8 Å². The zero-order valence-corrected chi connectivity index (χ0v) is 12.0. The van der Waals surface area contributed by atoms with E-state index in [4.69, 9.17) is 0 Å². The monoisotopic (exact) mass is 234 g/mol. The van der Waals surface area contributed by atoms with Crippen LogP contribution in [0.15, 0.2) is 48.6 Å². The second kappa shape index (κ2) is 5.50. The molecule has 1 aromatic carbocycles. The molecule has 0 spiro atoms. The number of rotatable bonds is 2. The van der Waals surface area contributed by atoms with Crippen LogP contribution in [0.2, 0.25) is 0 Å². The first-order chi connectivity index (χ1) is 6.34. The molecule has 0 saturated carbocycles. The van der Waals surface area contributed by atoms with Gasteiger partial charge in [-0.2, -0.15) is 0 Å². The molecule has 0 fully saturated rings. The first-order valence-electron chi connectivity index (χ1n) is 4.75. The molecule has 0 radical (unpaired) electrons. The summed E-state index contributed by atoms with van der Waals surface area (Å²) >= 11 is 0. The third kappa shape index (κ3) is 3.09. The molecule has 0 amide bonds. The SMILES string of the molecule is [SiH3]c1cccc(CC2C=CC=C2)c1.[Ti+2]. The molecule has 0 N–H and O–H groups in total. The van der Waals surface area contributed by atoms with Gasteiger partial charge in [-0.25, -0.2) is 0 Å². The Kier molecular flexibility index (Phi) is 4.60. The van der Waals surface area contributed by atoms with E-state index in [2.05, 4.69) is 48.6 Å². The van der Waals surface area contributed by atoms with Crippen molar-refractivity contribution in [2.45, 2.75) is 6.42 Å². The van der Waals surface area contributed by atoms with Crippen LogP contribution in [0.1, 0.15) is 5.56 Å². The Balaban J connectivity index is 0.000000980. The third-order valence-electron chi connectivity index (χ3n) is 2.38. The van der Waals surface area contributed by atoms with Gasteiger partial charge in [-0.05, 0) is 17.9 Å². The first-order valence-corrected chi connectivity index (χ1v) is 5.75. The molecule has 68 valence electrons. The van der Waals surface area contributed by atoms with E-state index in [0.717, 1.165) is 16.7 Å². The van der Waals surface area contributed by atoms with Crippen molar-refractivity contribution in [2.75, 3.05) is 0 Å². The van der Waals surface area contributed by atoms with Crippen LogP contribution < -0.4 is 5.19 Å². The van der Waals surface area contributed by atoms with Gasteiger partial charge in [0.15, 0.2) is 0 Å². The van der Waals surface area contributed by atoms with Crippen molar-refractivity contribution in [2.24, 2.45) is 5.92 Å². The zero-order chi connectivity index (χ0) is 9.10. The van der Waals surface area contributed by atoms with Crippen molar-refractivity contribution in [1.29, 1.82) is 0 Å². The van der Waals surface area contributed by atoms with Crippen molar-refractivity contribution in [3.63, 3.8) is 0 Å². The van der Waals surface area contributed by atoms with Crippen LogP contribution >= 0.6 is 0 Å². The molecule has 0 unspecified atom stereocenters. The van der Waals surface area contributed by atoms with Gasteiger partial charge in [-0.3, -0.25) is 0 Å². The third-order valence-corrected chi connectivity index (χ3v) is 3.00. The minimum atomic E-state index is 0. The maximum Gasteiger partial charge on any atom is 2.00 e. The van der Waals surface area contributed by atoms with Crippen LogP contribution in [0.4, 0.5) is 0 Å². The van der Waals surface area contributed by atoms with Gasteiger partial charge in [0.05, 0.1) is 0 Å². The smallest absolute Gasteiger partial charge is 0.0773 e. The predicted octanol–water partition coefficient (Wildman–Crippen LogP) is 0.960. The van der Waals surface area contributed by atoms with E-state index in [9.17, 15) is 0 Å². The first kappa shape index (κ1) is 11.7. The molecule has 0 bridgehead atoms. The Morgan fingerprint density at radius 3 is 2.50 bits per heavy atom. The molecule has 1 aromatic rings. The summed E-state index contributed by atoms with van der Waals surface area (Å²) in [5, 5.41) is 1.49. The minimum absolute atomic E-state index is 0. The Morgan fingerprint density at radius 2 is 1.86 bits per heavy atom. The standard InChI is InChI=1S/C12H14Si.Ti/c13-12-7-3-6-11(9-12)8-10-4-1-2-5-10;/h1-7,9-10H,8H2,13H3;/q;+2. The van der Waals surface area contributed by atoms with Gasteiger partial charge in [-0.1, -0.05) is 53.8 Å². The van der Waals surface area contributed by atoms with Crippen LogP contribution in [-0.4, -0.2) is 10.2 Å². The van der Waals surface area contributed by atoms with E-state index in [1.54, 1.807) is 0 Å². The van der Waals surface area contributed by atoms with Crippen LogP contribution in [-0.2, 0) is 28.1 Å². The predicted molar refractivity (Wildman–Crippen MR) is 61.5 cm³/mol. The van der Waals surface area contributed by atoms with E-state index < -0.39 is 0 Å². The summed E-state index contributed by atoms with van der Waals surface area (Å²) in [6, 6.07) is 8.92. The van der Waals surface area contributed by atoms with E-state index in [0.29, 0.717) is 5.92 Å².